The molecule has 4 rings (SSSR count). The number of carbonyl (C=O) groups excluding carboxylic acids is 2. The van der Waals surface area contributed by atoms with Gasteiger partial charge in [0.25, 0.3) is 0 Å². The second-order valence-corrected chi connectivity index (χ2v) is 7.43. The van der Waals surface area contributed by atoms with Crippen molar-refractivity contribution in [2.24, 2.45) is 0 Å². The maximum atomic E-state index is 13.1. The summed E-state index contributed by atoms with van der Waals surface area (Å²) in [5.74, 6) is 0.0223. The lowest BCUT2D eigenvalue weighted by Gasteiger charge is -2.27. The summed E-state index contributed by atoms with van der Waals surface area (Å²) in [6.07, 6.45) is 1.89. The van der Waals surface area contributed by atoms with Crippen molar-refractivity contribution in [2.75, 3.05) is 16.0 Å². The summed E-state index contributed by atoms with van der Waals surface area (Å²) in [5.41, 5.74) is 2.31. The van der Waals surface area contributed by atoms with Crippen molar-refractivity contribution in [1.29, 1.82) is 0 Å². The Morgan fingerprint density at radius 1 is 1.18 bits per heavy atom. The van der Waals surface area contributed by atoms with Gasteiger partial charge in [0.2, 0.25) is 11.8 Å². The molecule has 0 radical (unpaired) electrons. The van der Waals surface area contributed by atoms with E-state index in [4.69, 9.17) is 0 Å². The topological polar surface area (TPSA) is 80.1 Å². The number of hydrogen-bond donors (Lipinski definition) is 1. The Bertz CT molecular complexity index is 1000. The largest absolute Gasteiger partial charge is 0.324 e. The van der Waals surface area contributed by atoms with Gasteiger partial charge in [-0.15, -0.1) is 10.2 Å². The lowest BCUT2D eigenvalue weighted by atomic mass is 10.2. The molecule has 0 saturated carbocycles. The molecule has 0 spiro atoms. The van der Waals surface area contributed by atoms with Crippen LogP contribution in [0.1, 0.15) is 13.3 Å². The molecule has 8 heteroatoms. The molecule has 1 atom stereocenters. The van der Waals surface area contributed by atoms with Gasteiger partial charge in [0.1, 0.15) is 6.33 Å². The predicted octanol–water partition coefficient (Wildman–Crippen LogP) is 3.12. The van der Waals surface area contributed by atoms with Crippen LogP contribution in [0, 0.1) is 0 Å². The van der Waals surface area contributed by atoms with Crippen molar-refractivity contribution in [1.82, 2.24) is 14.8 Å². The second kappa shape index (κ2) is 7.85. The van der Waals surface area contributed by atoms with Gasteiger partial charge in [-0.05, 0) is 31.2 Å². The number of fused-ring (bicyclic) bond motifs is 1. The van der Waals surface area contributed by atoms with Crippen LogP contribution >= 0.6 is 11.8 Å². The van der Waals surface area contributed by atoms with E-state index in [1.807, 2.05) is 66.1 Å². The van der Waals surface area contributed by atoms with E-state index in [-0.39, 0.29) is 30.0 Å². The maximum Gasteiger partial charge on any atom is 0.237 e. The average Bonchev–Trinajstić information content (AvgIpc) is 3.12. The van der Waals surface area contributed by atoms with E-state index in [0.29, 0.717) is 10.8 Å². The highest BCUT2D eigenvalue weighted by Crippen LogP contribution is 2.32. The van der Waals surface area contributed by atoms with Gasteiger partial charge < -0.3 is 10.2 Å². The van der Waals surface area contributed by atoms with Gasteiger partial charge in [0, 0.05) is 18.2 Å². The molecule has 0 fully saturated rings. The van der Waals surface area contributed by atoms with Crippen LogP contribution < -0.4 is 10.2 Å². The molecule has 2 heterocycles. The van der Waals surface area contributed by atoms with E-state index in [1.54, 1.807) is 11.2 Å². The Morgan fingerprint density at radius 3 is 2.75 bits per heavy atom. The first-order valence-corrected chi connectivity index (χ1v) is 9.91. The number of anilines is 2. The molecule has 1 N–H and O–H groups in total. The van der Waals surface area contributed by atoms with Crippen LogP contribution in [0.25, 0.3) is 5.69 Å². The molecule has 1 aliphatic heterocycles. The molecule has 2 aromatic carbocycles. The number of amides is 2. The Kier molecular flexibility index (Phi) is 5.12. The van der Waals surface area contributed by atoms with Gasteiger partial charge in [-0.3, -0.25) is 14.2 Å². The van der Waals surface area contributed by atoms with Gasteiger partial charge in [0.15, 0.2) is 5.16 Å². The monoisotopic (exact) mass is 393 g/mol. The Morgan fingerprint density at radius 2 is 1.93 bits per heavy atom. The van der Waals surface area contributed by atoms with Crippen LogP contribution in [-0.2, 0) is 9.59 Å². The summed E-state index contributed by atoms with van der Waals surface area (Å²) in [7, 11) is 0. The zero-order valence-electron chi connectivity index (χ0n) is 15.3. The van der Waals surface area contributed by atoms with Crippen molar-refractivity contribution >= 4 is 35.0 Å². The first-order chi connectivity index (χ1) is 13.6. The van der Waals surface area contributed by atoms with Gasteiger partial charge in [-0.2, -0.15) is 0 Å². The minimum atomic E-state index is -0.233. The number of nitrogens with zero attached hydrogens (tertiary/aromatic N) is 4. The summed E-state index contributed by atoms with van der Waals surface area (Å²) in [5, 5.41) is 11.6. The third-order valence-electron chi connectivity index (χ3n) is 4.50. The molecule has 1 aromatic heterocycles. The number of rotatable bonds is 4. The third-order valence-corrected chi connectivity index (χ3v) is 5.43. The maximum absolute atomic E-state index is 13.1. The lowest BCUT2D eigenvalue weighted by molar-refractivity contribution is -0.117. The zero-order valence-corrected chi connectivity index (χ0v) is 16.1. The molecule has 1 unspecified atom stereocenters. The fraction of sp³-hybridized carbons (Fsp3) is 0.200. The van der Waals surface area contributed by atoms with Crippen molar-refractivity contribution < 1.29 is 9.59 Å². The number of thioether (sulfide) groups is 1. The van der Waals surface area contributed by atoms with E-state index in [1.165, 1.54) is 11.8 Å². The number of aromatic nitrogens is 3. The Labute approximate surface area is 166 Å². The number of nitrogens with one attached hydrogen (secondary N) is 1. The molecule has 0 bridgehead atoms. The van der Waals surface area contributed by atoms with Gasteiger partial charge in [0.05, 0.1) is 17.1 Å². The normalized spacial score (nSPS) is 16.2. The number of benzene rings is 2. The highest BCUT2D eigenvalue weighted by molar-refractivity contribution is 7.99. The Hall–Kier alpha value is -3.13. The van der Waals surface area contributed by atoms with Gasteiger partial charge >= 0.3 is 0 Å². The van der Waals surface area contributed by atoms with Crippen LogP contribution in [0.2, 0.25) is 0 Å². The number of para-hydroxylation sites is 3. The first-order valence-electron chi connectivity index (χ1n) is 8.92. The van der Waals surface area contributed by atoms with Crippen LogP contribution in [0.15, 0.2) is 66.1 Å². The van der Waals surface area contributed by atoms with Crippen molar-refractivity contribution in [2.45, 2.75) is 24.5 Å². The molecule has 1 aliphatic rings. The molecule has 28 heavy (non-hydrogen) atoms. The zero-order chi connectivity index (χ0) is 19.5. The second-order valence-electron chi connectivity index (χ2n) is 6.49. The van der Waals surface area contributed by atoms with Crippen LogP contribution in [0.4, 0.5) is 11.4 Å². The van der Waals surface area contributed by atoms with Crippen LogP contribution in [0.3, 0.4) is 0 Å². The van der Waals surface area contributed by atoms with E-state index in [2.05, 4.69) is 15.5 Å². The standard InChI is InChI=1S/C20H19N5O2S/c1-14-11-18(26)22-16-9-5-6-10-17(16)25(14)19(27)12-28-20-23-21-13-24(20)15-7-3-2-4-8-15/h2-10,13-14H,11-12H2,1H3,(H,22,26). The molecule has 2 amide bonds. The van der Waals surface area contributed by atoms with Crippen LogP contribution in [0.5, 0.6) is 0 Å². The quantitative estimate of drug-likeness (QED) is 0.689. The molecule has 3 aromatic rings. The summed E-state index contributed by atoms with van der Waals surface area (Å²) in [6, 6.07) is 16.9. The molecular weight excluding hydrogens is 374 g/mol. The smallest absolute Gasteiger partial charge is 0.237 e. The predicted molar refractivity (Wildman–Crippen MR) is 109 cm³/mol. The minimum Gasteiger partial charge on any atom is -0.324 e. The minimum absolute atomic E-state index is 0.0796. The highest BCUT2D eigenvalue weighted by Gasteiger charge is 2.29. The fourth-order valence-corrected chi connectivity index (χ4v) is 4.04. The average molecular weight is 393 g/mol. The number of carbonyl (C=O) groups is 2. The van der Waals surface area contributed by atoms with Gasteiger partial charge in [-0.25, -0.2) is 0 Å². The van der Waals surface area contributed by atoms with Crippen molar-refractivity contribution in [3.8, 4) is 5.69 Å². The fourth-order valence-electron chi connectivity index (χ4n) is 3.25. The van der Waals surface area contributed by atoms with E-state index < -0.39 is 0 Å². The summed E-state index contributed by atoms with van der Waals surface area (Å²) in [4.78, 5) is 26.9. The van der Waals surface area contributed by atoms with Crippen LogP contribution in [-0.4, -0.2) is 38.4 Å². The molecule has 7 nitrogen and oxygen atoms in total. The first kappa shape index (κ1) is 18.2. The SMILES string of the molecule is CC1CC(=O)Nc2ccccc2N1C(=O)CSc1nncn1-c1ccccc1. The molecule has 142 valence electrons. The van der Waals surface area contributed by atoms with Crippen molar-refractivity contribution in [3.05, 3.63) is 60.9 Å². The van der Waals surface area contributed by atoms with E-state index in [0.717, 1.165) is 11.4 Å². The summed E-state index contributed by atoms with van der Waals surface area (Å²) >= 11 is 1.33. The van der Waals surface area contributed by atoms with E-state index >= 15 is 0 Å². The van der Waals surface area contributed by atoms with E-state index in [9.17, 15) is 9.59 Å². The third kappa shape index (κ3) is 3.63. The molecule has 0 saturated heterocycles. The van der Waals surface area contributed by atoms with Gasteiger partial charge in [-0.1, -0.05) is 42.1 Å². The highest BCUT2D eigenvalue weighted by atomic mass is 32.2. The summed E-state index contributed by atoms with van der Waals surface area (Å²) in [6.45, 7) is 1.89. The molecular formula is C20H19N5O2S. The van der Waals surface area contributed by atoms with Crippen molar-refractivity contribution in [3.63, 3.8) is 0 Å². The lowest BCUT2D eigenvalue weighted by Crippen LogP contribution is -2.40. The number of hydrogen-bond acceptors (Lipinski definition) is 5. The summed E-state index contributed by atoms with van der Waals surface area (Å²) < 4.78 is 1.85. The molecule has 0 aliphatic carbocycles. The Balaban J connectivity index is 1.55.